The lowest BCUT2D eigenvalue weighted by molar-refractivity contribution is 0.974. The molecule has 1 aromatic heterocycles. The van der Waals surface area contributed by atoms with Crippen molar-refractivity contribution in [2.24, 2.45) is 0 Å². The minimum Gasteiger partial charge on any atom is -0.278 e. The van der Waals surface area contributed by atoms with Crippen molar-refractivity contribution in [1.29, 1.82) is 0 Å². The summed E-state index contributed by atoms with van der Waals surface area (Å²) in [6, 6.07) is 34.6. The van der Waals surface area contributed by atoms with E-state index in [1.807, 2.05) is 61.5 Å². The SMILES string of the molecule is [C-]#[N+]c1cccc(-c2nnc(C)n2-c2c(-c3ccccc3)cccc2-c2ccccc2)c1. The zero-order chi connectivity index (χ0) is 21.9. The van der Waals surface area contributed by atoms with Crippen LogP contribution in [0.2, 0.25) is 0 Å². The molecule has 0 amide bonds. The van der Waals surface area contributed by atoms with E-state index in [0.717, 1.165) is 39.3 Å². The van der Waals surface area contributed by atoms with E-state index in [4.69, 9.17) is 6.57 Å². The lowest BCUT2D eigenvalue weighted by Gasteiger charge is -2.19. The van der Waals surface area contributed by atoms with E-state index in [1.165, 1.54) is 0 Å². The highest BCUT2D eigenvalue weighted by atomic mass is 15.3. The third-order valence-electron chi connectivity index (χ3n) is 5.49. The molecular weight excluding hydrogens is 392 g/mol. The fourth-order valence-corrected chi connectivity index (χ4v) is 4.02. The van der Waals surface area contributed by atoms with Crippen LogP contribution in [0.4, 0.5) is 5.69 Å². The molecule has 0 aliphatic rings. The molecule has 32 heavy (non-hydrogen) atoms. The fraction of sp³-hybridized carbons (Fsp3) is 0.0357. The fourth-order valence-electron chi connectivity index (χ4n) is 4.02. The summed E-state index contributed by atoms with van der Waals surface area (Å²) in [5.74, 6) is 1.50. The summed E-state index contributed by atoms with van der Waals surface area (Å²) in [5.41, 5.74) is 6.89. The molecule has 0 radical (unpaired) electrons. The third kappa shape index (κ3) is 3.46. The van der Waals surface area contributed by atoms with Gasteiger partial charge in [0.2, 0.25) is 0 Å². The smallest absolute Gasteiger partial charge is 0.187 e. The summed E-state index contributed by atoms with van der Waals surface area (Å²) in [5, 5.41) is 8.95. The van der Waals surface area contributed by atoms with Crippen molar-refractivity contribution >= 4 is 5.69 Å². The Labute approximate surface area is 187 Å². The summed E-state index contributed by atoms with van der Waals surface area (Å²) in [6.45, 7) is 9.36. The van der Waals surface area contributed by atoms with Crippen LogP contribution in [0.3, 0.4) is 0 Å². The monoisotopic (exact) mass is 412 g/mol. The van der Waals surface area contributed by atoms with Crippen molar-refractivity contribution in [2.75, 3.05) is 0 Å². The highest BCUT2D eigenvalue weighted by Crippen LogP contribution is 2.38. The maximum absolute atomic E-state index is 7.40. The van der Waals surface area contributed by atoms with Crippen LogP contribution in [0, 0.1) is 13.5 Å². The minimum absolute atomic E-state index is 0.578. The van der Waals surface area contributed by atoms with Gasteiger partial charge in [-0.2, -0.15) is 0 Å². The highest BCUT2D eigenvalue weighted by molar-refractivity contribution is 5.86. The molecule has 152 valence electrons. The summed E-state index contributed by atoms with van der Waals surface area (Å²) >= 11 is 0. The molecule has 4 heteroatoms. The zero-order valence-electron chi connectivity index (χ0n) is 17.6. The van der Waals surface area contributed by atoms with Crippen LogP contribution >= 0.6 is 0 Å². The predicted molar refractivity (Wildman–Crippen MR) is 129 cm³/mol. The van der Waals surface area contributed by atoms with Gasteiger partial charge in [-0.1, -0.05) is 97.1 Å². The van der Waals surface area contributed by atoms with Crippen molar-refractivity contribution in [3.8, 4) is 39.3 Å². The molecule has 0 bridgehead atoms. The van der Waals surface area contributed by atoms with Gasteiger partial charge in [0.15, 0.2) is 11.5 Å². The Morgan fingerprint density at radius 1 is 0.656 bits per heavy atom. The second-order valence-corrected chi connectivity index (χ2v) is 7.50. The maximum Gasteiger partial charge on any atom is 0.187 e. The zero-order valence-corrected chi connectivity index (χ0v) is 17.6. The molecule has 0 fully saturated rings. The molecule has 5 aromatic rings. The molecule has 0 N–H and O–H groups in total. The first kappa shape index (κ1) is 19.5. The van der Waals surface area contributed by atoms with Crippen LogP contribution in [0.5, 0.6) is 0 Å². The first-order valence-corrected chi connectivity index (χ1v) is 10.4. The lowest BCUT2D eigenvalue weighted by atomic mass is 9.95. The molecular formula is C28H20N4. The van der Waals surface area contributed by atoms with Crippen molar-refractivity contribution < 1.29 is 0 Å². The van der Waals surface area contributed by atoms with E-state index in [2.05, 4.69) is 62.1 Å². The summed E-state index contributed by atoms with van der Waals surface area (Å²) in [6.07, 6.45) is 0. The molecule has 0 spiro atoms. The van der Waals surface area contributed by atoms with Crippen LogP contribution in [0.1, 0.15) is 5.82 Å². The Morgan fingerprint density at radius 2 is 1.22 bits per heavy atom. The lowest BCUT2D eigenvalue weighted by Crippen LogP contribution is -2.04. The van der Waals surface area contributed by atoms with Gasteiger partial charge in [-0.05, 0) is 24.1 Å². The minimum atomic E-state index is 0.578. The Morgan fingerprint density at radius 3 is 1.81 bits per heavy atom. The van der Waals surface area contributed by atoms with Crippen LogP contribution in [-0.2, 0) is 0 Å². The normalized spacial score (nSPS) is 10.6. The van der Waals surface area contributed by atoms with Crippen LogP contribution in [-0.4, -0.2) is 14.8 Å². The molecule has 1 heterocycles. The van der Waals surface area contributed by atoms with Crippen molar-refractivity contribution in [1.82, 2.24) is 14.8 Å². The number of rotatable bonds is 4. The van der Waals surface area contributed by atoms with Gasteiger partial charge < -0.3 is 0 Å². The summed E-state index contributed by atoms with van der Waals surface area (Å²) in [4.78, 5) is 3.59. The predicted octanol–water partition coefficient (Wildman–Crippen LogP) is 7.13. The Kier molecular flexibility index (Phi) is 5.07. The topological polar surface area (TPSA) is 35.1 Å². The molecule has 0 aliphatic carbocycles. The summed E-state index contributed by atoms with van der Waals surface area (Å²) < 4.78 is 2.10. The molecule has 0 unspecified atom stereocenters. The second-order valence-electron chi connectivity index (χ2n) is 7.50. The van der Waals surface area contributed by atoms with Crippen LogP contribution < -0.4 is 0 Å². The number of hydrogen-bond acceptors (Lipinski definition) is 2. The number of nitrogens with zero attached hydrogens (tertiary/aromatic N) is 4. The average molecular weight is 412 g/mol. The summed E-state index contributed by atoms with van der Waals surface area (Å²) in [7, 11) is 0. The highest BCUT2D eigenvalue weighted by Gasteiger charge is 2.20. The van der Waals surface area contributed by atoms with Crippen molar-refractivity contribution in [3.63, 3.8) is 0 Å². The van der Waals surface area contributed by atoms with Gasteiger partial charge in [-0.25, -0.2) is 4.85 Å². The Bertz CT molecular complexity index is 1370. The van der Waals surface area contributed by atoms with Gasteiger partial charge in [0.05, 0.1) is 12.3 Å². The number of para-hydroxylation sites is 1. The van der Waals surface area contributed by atoms with Crippen LogP contribution in [0.25, 0.3) is 44.2 Å². The van der Waals surface area contributed by atoms with Gasteiger partial charge in [0.25, 0.3) is 0 Å². The first-order valence-electron chi connectivity index (χ1n) is 10.4. The Balaban J connectivity index is 1.84. The average Bonchev–Trinajstić information content (AvgIpc) is 3.25. The van der Waals surface area contributed by atoms with Crippen LogP contribution in [0.15, 0.2) is 103 Å². The van der Waals surface area contributed by atoms with Crippen molar-refractivity contribution in [2.45, 2.75) is 6.92 Å². The van der Waals surface area contributed by atoms with E-state index in [1.54, 1.807) is 6.07 Å². The number of hydrogen-bond donors (Lipinski definition) is 0. The van der Waals surface area contributed by atoms with E-state index in [-0.39, 0.29) is 0 Å². The van der Waals surface area contributed by atoms with Gasteiger partial charge in [0, 0.05) is 16.7 Å². The first-order chi connectivity index (χ1) is 15.8. The van der Waals surface area contributed by atoms with Gasteiger partial charge in [-0.3, -0.25) is 4.57 Å². The van der Waals surface area contributed by atoms with Crippen molar-refractivity contribution in [3.05, 3.63) is 120 Å². The molecule has 0 aliphatic heterocycles. The third-order valence-corrected chi connectivity index (χ3v) is 5.49. The molecule has 0 saturated heterocycles. The molecule has 0 saturated carbocycles. The number of aromatic nitrogens is 3. The van der Waals surface area contributed by atoms with Gasteiger partial charge >= 0.3 is 0 Å². The largest absolute Gasteiger partial charge is 0.278 e. The quantitative estimate of drug-likeness (QED) is 0.294. The molecule has 0 atom stereocenters. The van der Waals surface area contributed by atoms with Gasteiger partial charge in [0.1, 0.15) is 5.82 Å². The molecule has 5 rings (SSSR count). The standard InChI is InChI=1S/C28H20N4/c1-20-30-31-28(23-15-9-16-24(19-23)29-2)32(20)27-25(21-11-5-3-6-12-21)17-10-18-26(27)22-13-7-4-8-14-22/h3-19H,1H3. The molecule has 4 nitrogen and oxygen atoms in total. The Hall–Kier alpha value is -4.49. The van der Waals surface area contributed by atoms with E-state index in [9.17, 15) is 0 Å². The van der Waals surface area contributed by atoms with E-state index < -0.39 is 0 Å². The second kappa shape index (κ2) is 8.33. The van der Waals surface area contributed by atoms with Gasteiger partial charge in [-0.15, -0.1) is 10.2 Å². The van der Waals surface area contributed by atoms with E-state index >= 15 is 0 Å². The number of aryl methyl sites for hydroxylation is 1. The maximum atomic E-state index is 7.40. The molecule has 4 aromatic carbocycles. The van der Waals surface area contributed by atoms with E-state index in [0.29, 0.717) is 11.5 Å². The number of benzene rings is 4.